The molecule has 0 bridgehead atoms. The Kier molecular flexibility index (Phi) is 7.05. The van der Waals surface area contributed by atoms with Crippen LogP contribution in [-0.4, -0.2) is 54.7 Å². The molecule has 2 rings (SSSR count). The first-order valence-corrected chi connectivity index (χ1v) is 10.9. The van der Waals surface area contributed by atoms with E-state index in [1.165, 1.54) is 16.8 Å². The highest BCUT2D eigenvalue weighted by Crippen LogP contribution is 2.30. The van der Waals surface area contributed by atoms with E-state index in [0.717, 1.165) is 0 Å². The largest absolute Gasteiger partial charge is 0.452 e. The van der Waals surface area contributed by atoms with Gasteiger partial charge in [0.05, 0.1) is 23.2 Å². The maximum absolute atomic E-state index is 11.8. The molecule has 1 atom stereocenters. The summed E-state index contributed by atoms with van der Waals surface area (Å²) >= 11 is 6.32. The lowest BCUT2D eigenvalue weighted by molar-refractivity contribution is -0.143. The Labute approximate surface area is 163 Å². The van der Waals surface area contributed by atoms with E-state index in [1.54, 1.807) is 6.92 Å². The molecule has 1 saturated heterocycles. The fraction of sp³-hybridized carbons (Fsp3) is 0.588. The van der Waals surface area contributed by atoms with Crippen LogP contribution in [0.15, 0.2) is 6.08 Å². The van der Waals surface area contributed by atoms with Gasteiger partial charge in [-0.2, -0.15) is 5.10 Å². The molecule has 1 N–H and O–H groups in total. The maximum atomic E-state index is 11.8. The zero-order chi connectivity index (χ0) is 20.2. The highest BCUT2D eigenvalue weighted by molar-refractivity contribution is 7.91. The number of ether oxygens (including phenoxy) is 1. The summed E-state index contributed by atoms with van der Waals surface area (Å²) in [6, 6.07) is -0.306. The summed E-state index contributed by atoms with van der Waals surface area (Å²) in [5, 5.41) is 7.22. The quantitative estimate of drug-likeness (QED) is 0.532. The normalized spacial score (nSPS) is 18.9. The molecule has 0 spiro atoms. The number of aromatic nitrogens is 2. The number of carbonyl (C=O) groups is 2. The zero-order valence-corrected chi connectivity index (χ0v) is 17.1. The first kappa shape index (κ1) is 21.4. The average molecular weight is 418 g/mol. The van der Waals surface area contributed by atoms with Gasteiger partial charge in [-0.15, -0.1) is 0 Å². The molecule has 2 heterocycles. The molecule has 0 aromatic carbocycles. The second-order valence-corrected chi connectivity index (χ2v) is 9.52. The molecule has 1 aromatic heterocycles. The summed E-state index contributed by atoms with van der Waals surface area (Å²) in [4.78, 5) is 23.3. The predicted octanol–water partition coefficient (Wildman–Crippen LogP) is 1.53. The van der Waals surface area contributed by atoms with Gasteiger partial charge in [0, 0.05) is 18.2 Å². The Hall–Kier alpha value is -1.87. The summed E-state index contributed by atoms with van der Waals surface area (Å²) in [6.45, 7) is 5.79. The topological polar surface area (TPSA) is 107 Å². The zero-order valence-electron chi connectivity index (χ0n) is 15.6. The van der Waals surface area contributed by atoms with E-state index in [0.29, 0.717) is 30.1 Å². The van der Waals surface area contributed by atoms with Crippen molar-refractivity contribution in [3.63, 3.8) is 0 Å². The number of esters is 1. The van der Waals surface area contributed by atoms with Gasteiger partial charge in [-0.1, -0.05) is 25.4 Å². The van der Waals surface area contributed by atoms with Crippen LogP contribution < -0.4 is 5.32 Å². The Morgan fingerprint density at radius 2 is 2.15 bits per heavy atom. The number of amides is 1. The Morgan fingerprint density at radius 1 is 1.44 bits per heavy atom. The maximum Gasteiger partial charge on any atom is 0.331 e. The van der Waals surface area contributed by atoms with Crippen molar-refractivity contribution in [2.75, 3.05) is 24.7 Å². The lowest BCUT2D eigenvalue weighted by atomic mass is 10.2. The summed E-state index contributed by atoms with van der Waals surface area (Å²) in [7, 11) is -3.06. The van der Waals surface area contributed by atoms with E-state index in [9.17, 15) is 18.0 Å². The molecule has 150 valence electrons. The predicted molar refractivity (Wildman–Crippen MR) is 102 cm³/mol. The van der Waals surface area contributed by atoms with Crippen molar-refractivity contribution in [2.45, 2.75) is 33.2 Å². The van der Waals surface area contributed by atoms with Crippen LogP contribution in [-0.2, 0) is 24.2 Å². The van der Waals surface area contributed by atoms with Crippen LogP contribution in [0, 0.1) is 12.8 Å². The molecular formula is C17H24ClN3O5S. The van der Waals surface area contributed by atoms with E-state index in [1.807, 2.05) is 13.8 Å². The summed E-state index contributed by atoms with van der Waals surface area (Å²) in [5.41, 5.74) is 1.09. The van der Waals surface area contributed by atoms with Crippen molar-refractivity contribution < 1.29 is 22.7 Å². The second-order valence-electron chi connectivity index (χ2n) is 6.93. The smallest absolute Gasteiger partial charge is 0.331 e. The van der Waals surface area contributed by atoms with Crippen LogP contribution >= 0.6 is 11.6 Å². The molecule has 0 saturated carbocycles. The van der Waals surface area contributed by atoms with Gasteiger partial charge < -0.3 is 10.1 Å². The van der Waals surface area contributed by atoms with Gasteiger partial charge in [0.25, 0.3) is 5.91 Å². The van der Waals surface area contributed by atoms with Crippen LogP contribution in [0.25, 0.3) is 6.08 Å². The van der Waals surface area contributed by atoms with E-state index in [4.69, 9.17) is 16.3 Å². The molecule has 8 nitrogen and oxygen atoms in total. The number of carbonyl (C=O) groups excluding carboxylic acids is 2. The SMILES string of the molecule is Cc1nn([C@@H]2CCS(=O)(=O)C2)c(Cl)c1/C=C/C(=O)OCC(=O)NCC(C)C. The lowest BCUT2D eigenvalue weighted by Crippen LogP contribution is -2.31. The Bertz CT molecular complexity index is 845. The number of sulfone groups is 1. The Morgan fingerprint density at radius 3 is 2.74 bits per heavy atom. The molecular weight excluding hydrogens is 394 g/mol. The van der Waals surface area contributed by atoms with Gasteiger partial charge >= 0.3 is 5.97 Å². The number of halogens is 1. The monoisotopic (exact) mass is 417 g/mol. The number of nitrogens with zero attached hydrogens (tertiary/aromatic N) is 2. The average Bonchev–Trinajstić information content (AvgIpc) is 3.08. The fourth-order valence-electron chi connectivity index (χ4n) is 2.64. The van der Waals surface area contributed by atoms with Crippen LogP contribution in [0.3, 0.4) is 0 Å². The first-order valence-electron chi connectivity index (χ1n) is 8.65. The molecule has 0 aliphatic carbocycles. The van der Waals surface area contributed by atoms with Crippen molar-refractivity contribution in [2.24, 2.45) is 5.92 Å². The number of hydrogen-bond donors (Lipinski definition) is 1. The van der Waals surface area contributed by atoms with Crippen LogP contribution in [0.5, 0.6) is 0 Å². The van der Waals surface area contributed by atoms with Crippen molar-refractivity contribution >= 4 is 39.4 Å². The molecule has 1 aromatic rings. The molecule has 1 amide bonds. The third kappa shape index (κ3) is 6.07. The number of aryl methyl sites for hydroxylation is 1. The van der Waals surface area contributed by atoms with Gasteiger partial charge in [0.2, 0.25) is 0 Å². The summed E-state index contributed by atoms with van der Waals surface area (Å²) in [6.07, 6.45) is 3.08. The van der Waals surface area contributed by atoms with Crippen molar-refractivity contribution in [3.8, 4) is 0 Å². The fourth-order valence-corrected chi connectivity index (χ4v) is 4.70. The lowest BCUT2D eigenvalue weighted by Gasteiger charge is -2.09. The van der Waals surface area contributed by atoms with Crippen LogP contribution in [0.2, 0.25) is 5.15 Å². The molecule has 10 heteroatoms. The second kappa shape index (κ2) is 8.88. The molecule has 0 unspecified atom stereocenters. The number of nitrogens with one attached hydrogen (secondary N) is 1. The molecule has 1 aliphatic heterocycles. The van der Waals surface area contributed by atoms with Crippen molar-refractivity contribution in [1.29, 1.82) is 0 Å². The standard InChI is InChI=1S/C17H24ClN3O5S/c1-11(2)8-19-15(22)9-26-16(23)5-4-14-12(3)20-21(17(14)18)13-6-7-27(24,25)10-13/h4-5,11,13H,6-10H2,1-3H3,(H,19,22)/b5-4+/t13-/m1/s1. The number of rotatable bonds is 7. The van der Waals surface area contributed by atoms with Crippen molar-refractivity contribution in [3.05, 3.63) is 22.5 Å². The van der Waals surface area contributed by atoms with Gasteiger partial charge in [-0.25, -0.2) is 17.9 Å². The van der Waals surface area contributed by atoms with Gasteiger partial charge in [-0.05, 0) is 25.3 Å². The minimum Gasteiger partial charge on any atom is -0.452 e. The first-order chi connectivity index (χ1) is 12.6. The minimum atomic E-state index is -3.06. The van der Waals surface area contributed by atoms with E-state index < -0.39 is 15.8 Å². The van der Waals surface area contributed by atoms with Crippen molar-refractivity contribution in [1.82, 2.24) is 15.1 Å². The third-order valence-electron chi connectivity index (χ3n) is 4.06. The highest BCUT2D eigenvalue weighted by atomic mass is 35.5. The molecule has 27 heavy (non-hydrogen) atoms. The molecule has 1 aliphatic rings. The van der Waals surface area contributed by atoms with Crippen LogP contribution in [0.1, 0.15) is 37.6 Å². The van der Waals surface area contributed by atoms with E-state index >= 15 is 0 Å². The summed E-state index contributed by atoms with van der Waals surface area (Å²) < 4.78 is 29.7. The minimum absolute atomic E-state index is 0.00449. The molecule has 1 fully saturated rings. The van der Waals surface area contributed by atoms with Crippen LogP contribution in [0.4, 0.5) is 0 Å². The van der Waals surface area contributed by atoms with Gasteiger partial charge in [0.1, 0.15) is 5.15 Å². The Balaban J connectivity index is 1.97. The van der Waals surface area contributed by atoms with Gasteiger partial charge in [0.15, 0.2) is 16.4 Å². The molecule has 0 radical (unpaired) electrons. The van der Waals surface area contributed by atoms with E-state index in [-0.39, 0.29) is 35.2 Å². The number of hydrogen-bond acceptors (Lipinski definition) is 6. The third-order valence-corrected chi connectivity index (χ3v) is 6.19. The summed E-state index contributed by atoms with van der Waals surface area (Å²) in [5.74, 6) is -0.620. The van der Waals surface area contributed by atoms with E-state index in [2.05, 4.69) is 10.4 Å². The highest BCUT2D eigenvalue weighted by Gasteiger charge is 2.31. The van der Waals surface area contributed by atoms with Gasteiger partial charge in [-0.3, -0.25) is 4.79 Å².